The number of allylic oxidation sites excluding steroid dienone is 2. The molecule has 0 spiro atoms. The van der Waals surface area contributed by atoms with Crippen LogP contribution in [0.25, 0.3) is 12.2 Å². The van der Waals surface area contributed by atoms with Crippen molar-refractivity contribution in [3.63, 3.8) is 0 Å². The van der Waals surface area contributed by atoms with Gasteiger partial charge in [0, 0.05) is 29.6 Å². The quantitative estimate of drug-likeness (QED) is 0.826. The van der Waals surface area contributed by atoms with Crippen LogP contribution in [0.4, 0.5) is 0 Å². The van der Waals surface area contributed by atoms with Crippen LogP contribution in [0.1, 0.15) is 30.7 Å². The summed E-state index contributed by atoms with van der Waals surface area (Å²) in [6.07, 6.45) is 7.86. The summed E-state index contributed by atoms with van der Waals surface area (Å²) in [6.45, 7) is 4.03. The molecule has 1 aromatic carbocycles. The second kappa shape index (κ2) is 7.49. The van der Waals surface area contributed by atoms with Gasteiger partial charge in [-0.15, -0.1) is 0 Å². The average molecular weight is 311 g/mol. The van der Waals surface area contributed by atoms with E-state index in [-0.39, 0.29) is 11.2 Å². The minimum Gasteiger partial charge on any atom is -0.507 e. The molecule has 120 valence electrons. The van der Waals surface area contributed by atoms with Crippen molar-refractivity contribution in [2.45, 2.75) is 20.3 Å². The summed E-state index contributed by atoms with van der Waals surface area (Å²) in [5.41, 5.74) is 3.39. The molecule has 4 heteroatoms. The fraction of sp³-hybridized carbons (Fsp3) is 0.211. The summed E-state index contributed by atoms with van der Waals surface area (Å²) in [4.78, 5) is 14.3. The molecule has 4 nitrogen and oxygen atoms in total. The largest absolute Gasteiger partial charge is 0.507 e. The zero-order valence-electron chi connectivity index (χ0n) is 13.6. The van der Waals surface area contributed by atoms with Gasteiger partial charge in [-0.05, 0) is 44.0 Å². The Morgan fingerprint density at radius 2 is 2.04 bits per heavy atom. The molecule has 0 amide bonds. The van der Waals surface area contributed by atoms with E-state index >= 15 is 0 Å². The number of phenolic OH excluding ortho intramolecular Hbond substituents is 1. The third kappa shape index (κ3) is 4.61. The Morgan fingerprint density at radius 1 is 1.26 bits per heavy atom. The van der Waals surface area contributed by atoms with Crippen molar-refractivity contribution in [2.24, 2.45) is 0 Å². The van der Waals surface area contributed by atoms with Crippen LogP contribution >= 0.6 is 0 Å². The first-order chi connectivity index (χ1) is 11.0. The first-order valence-corrected chi connectivity index (χ1v) is 7.39. The second-order valence-electron chi connectivity index (χ2n) is 5.52. The molecule has 0 atom stereocenters. The number of phenols is 1. The number of aromatic amines is 1. The van der Waals surface area contributed by atoms with E-state index in [9.17, 15) is 9.90 Å². The Bertz CT molecular complexity index is 797. The van der Waals surface area contributed by atoms with Gasteiger partial charge in [0.2, 0.25) is 0 Å². The van der Waals surface area contributed by atoms with Gasteiger partial charge in [0.05, 0.1) is 7.11 Å². The number of aromatic hydroxyl groups is 1. The highest BCUT2D eigenvalue weighted by atomic mass is 16.5. The Labute approximate surface area is 135 Å². The van der Waals surface area contributed by atoms with Crippen molar-refractivity contribution in [3.8, 4) is 11.5 Å². The second-order valence-corrected chi connectivity index (χ2v) is 5.52. The number of aromatic nitrogens is 1. The fourth-order valence-corrected chi connectivity index (χ4v) is 2.19. The maximum atomic E-state index is 11.3. The lowest BCUT2D eigenvalue weighted by molar-refractivity contribution is 0.401. The van der Waals surface area contributed by atoms with Crippen LogP contribution in [0, 0.1) is 0 Å². The Morgan fingerprint density at radius 3 is 2.70 bits per heavy atom. The number of hydrogen-bond donors (Lipinski definition) is 2. The predicted molar refractivity (Wildman–Crippen MR) is 93.8 cm³/mol. The average Bonchev–Trinajstić information content (AvgIpc) is 2.51. The number of benzene rings is 1. The van der Waals surface area contributed by atoms with E-state index in [0.29, 0.717) is 17.9 Å². The maximum Gasteiger partial charge on any atom is 0.182 e. The highest BCUT2D eigenvalue weighted by Gasteiger charge is 2.09. The molecule has 1 heterocycles. The molecule has 0 aliphatic carbocycles. The highest BCUT2D eigenvalue weighted by molar-refractivity contribution is 5.70. The normalized spacial score (nSPS) is 10.7. The van der Waals surface area contributed by atoms with Gasteiger partial charge in [-0.1, -0.05) is 17.7 Å². The molecule has 0 radical (unpaired) electrons. The van der Waals surface area contributed by atoms with Gasteiger partial charge in [-0.2, -0.15) is 0 Å². The molecule has 0 aliphatic rings. The molecule has 0 aliphatic heterocycles. The summed E-state index contributed by atoms with van der Waals surface area (Å²) in [5.74, 6) is 0.840. The van der Waals surface area contributed by atoms with Gasteiger partial charge >= 0.3 is 0 Å². The lowest BCUT2D eigenvalue weighted by atomic mass is 10.0. The molecule has 0 fully saturated rings. The standard InChI is InChI=1S/C19H21NO3/c1-13(2)4-7-17-18(22)10-14(11-19(17)23-3)5-6-15-12-16(21)8-9-20-15/h4-6,8-12,22H,7H2,1-3H3,(H,20,21). The van der Waals surface area contributed by atoms with Crippen molar-refractivity contribution in [3.05, 3.63) is 69.2 Å². The van der Waals surface area contributed by atoms with E-state index in [1.165, 1.54) is 17.7 Å². The van der Waals surface area contributed by atoms with Crippen molar-refractivity contribution >= 4 is 12.2 Å². The highest BCUT2D eigenvalue weighted by Crippen LogP contribution is 2.31. The van der Waals surface area contributed by atoms with E-state index < -0.39 is 0 Å². The van der Waals surface area contributed by atoms with E-state index in [1.54, 1.807) is 25.4 Å². The minimum absolute atomic E-state index is 0.0547. The van der Waals surface area contributed by atoms with Gasteiger partial charge in [0.1, 0.15) is 11.5 Å². The number of hydrogen-bond acceptors (Lipinski definition) is 3. The smallest absolute Gasteiger partial charge is 0.182 e. The van der Waals surface area contributed by atoms with Crippen LogP contribution < -0.4 is 10.2 Å². The number of H-pyrrole nitrogens is 1. The Hall–Kier alpha value is -2.75. The summed E-state index contributed by atoms with van der Waals surface area (Å²) in [6, 6.07) is 6.53. The van der Waals surface area contributed by atoms with Crippen LogP contribution in [0.2, 0.25) is 0 Å². The number of rotatable bonds is 5. The predicted octanol–water partition coefficient (Wildman–Crippen LogP) is 3.77. The molecule has 23 heavy (non-hydrogen) atoms. The third-order valence-corrected chi connectivity index (χ3v) is 3.39. The lowest BCUT2D eigenvalue weighted by Gasteiger charge is -2.10. The molecule has 0 saturated heterocycles. The van der Waals surface area contributed by atoms with Crippen LogP contribution in [0.5, 0.6) is 11.5 Å². The van der Waals surface area contributed by atoms with Gasteiger partial charge in [0.25, 0.3) is 0 Å². The molecule has 1 aromatic heterocycles. The monoisotopic (exact) mass is 311 g/mol. The van der Waals surface area contributed by atoms with E-state index in [0.717, 1.165) is 11.1 Å². The Balaban J connectivity index is 2.32. The van der Waals surface area contributed by atoms with Gasteiger partial charge in [-0.3, -0.25) is 4.79 Å². The topological polar surface area (TPSA) is 62.3 Å². The molecule has 2 N–H and O–H groups in total. The summed E-state index contributed by atoms with van der Waals surface area (Å²) in [5, 5.41) is 10.3. The zero-order valence-corrected chi connectivity index (χ0v) is 13.6. The SMILES string of the molecule is COc1cc(C=Cc2cc(=O)cc[nH]2)cc(O)c1CC=C(C)C. The molecule has 0 saturated carbocycles. The fourth-order valence-electron chi connectivity index (χ4n) is 2.19. The lowest BCUT2D eigenvalue weighted by Crippen LogP contribution is -1.97. The summed E-state index contributed by atoms with van der Waals surface area (Å²) < 4.78 is 5.39. The molecule has 0 unspecified atom stereocenters. The van der Waals surface area contributed by atoms with E-state index in [4.69, 9.17) is 4.74 Å². The number of nitrogens with one attached hydrogen (secondary N) is 1. The van der Waals surface area contributed by atoms with Crippen molar-refractivity contribution in [1.29, 1.82) is 0 Å². The van der Waals surface area contributed by atoms with Crippen molar-refractivity contribution in [1.82, 2.24) is 4.98 Å². The number of pyridine rings is 1. The van der Waals surface area contributed by atoms with Gasteiger partial charge in [-0.25, -0.2) is 0 Å². The maximum absolute atomic E-state index is 11.3. The number of methoxy groups -OCH3 is 1. The van der Waals surface area contributed by atoms with E-state index in [1.807, 2.05) is 32.1 Å². The van der Waals surface area contributed by atoms with Crippen LogP contribution in [-0.2, 0) is 6.42 Å². The molecule has 2 aromatic rings. The van der Waals surface area contributed by atoms with Crippen LogP contribution in [0.3, 0.4) is 0 Å². The Kier molecular flexibility index (Phi) is 5.41. The van der Waals surface area contributed by atoms with Crippen LogP contribution in [-0.4, -0.2) is 17.2 Å². The third-order valence-electron chi connectivity index (χ3n) is 3.39. The molecular formula is C19H21NO3. The number of ether oxygens (including phenoxy) is 1. The van der Waals surface area contributed by atoms with Gasteiger partial charge in [0.15, 0.2) is 5.43 Å². The van der Waals surface area contributed by atoms with Gasteiger partial charge < -0.3 is 14.8 Å². The summed E-state index contributed by atoms with van der Waals surface area (Å²) in [7, 11) is 1.59. The first kappa shape index (κ1) is 16.6. The van der Waals surface area contributed by atoms with E-state index in [2.05, 4.69) is 4.98 Å². The van der Waals surface area contributed by atoms with Crippen LogP contribution in [0.15, 0.2) is 46.9 Å². The molecular weight excluding hydrogens is 290 g/mol. The summed E-state index contributed by atoms with van der Waals surface area (Å²) >= 11 is 0. The minimum atomic E-state index is -0.0547. The molecule has 2 rings (SSSR count). The first-order valence-electron chi connectivity index (χ1n) is 7.39. The zero-order chi connectivity index (χ0) is 16.8. The van der Waals surface area contributed by atoms with Crippen molar-refractivity contribution < 1.29 is 9.84 Å². The molecule has 0 bridgehead atoms. The van der Waals surface area contributed by atoms with Crippen molar-refractivity contribution in [2.75, 3.05) is 7.11 Å².